The number of aromatic nitrogens is 3. The molecule has 6 aromatic carbocycles. The second-order valence-corrected chi connectivity index (χ2v) is 15.3. The number of aliphatic hydroxyl groups is 4. The van der Waals surface area contributed by atoms with Crippen molar-refractivity contribution in [2.45, 2.75) is 20.8 Å². The maximum Gasteiger partial charge on any atom is 0.206 e. The van der Waals surface area contributed by atoms with E-state index in [0.717, 1.165) is 5.56 Å². The monoisotopic (exact) mass is 855 g/mol. The van der Waals surface area contributed by atoms with E-state index in [4.69, 9.17) is 0 Å². The molecule has 17 nitrogen and oxygen atoms in total. The van der Waals surface area contributed by atoms with Gasteiger partial charge in [0, 0.05) is 39.0 Å². The molecule has 9 rings (SSSR count). The van der Waals surface area contributed by atoms with Gasteiger partial charge in [0.25, 0.3) is 0 Å². The molecule has 14 N–H and O–H groups in total. The number of benzene rings is 6. The predicted molar refractivity (Wildman–Crippen MR) is 234 cm³/mol. The van der Waals surface area contributed by atoms with Crippen LogP contribution < -0.4 is 0 Å². The van der Waals surface area contributed by atoms with Crippen molar-refractivity contribution >= 4 is 66.0 Å². The Morgan fingerprint density at radius 3 is 1.48 bits per heavy atom. The van der Waals surface area contributed by atoms with E-state index < -0.39 is 86.9 Å². The zero-order valence-corrected chi connectivity index (χ0v) is 33.3. The summed E-state index contributed by atoms with van der Waals surface area (Å²) in [5.74, 6) is -11.1. The van der Waals surface area contributed by atoms with Crippen LogP contribution in [0.15, 0.2) is 73.0 Å². The smallest absolute Gasteiger partial charge is 0.206 e. The number of nitrogens with zero attached hydrogens (tertiary/aromatic N) is 3. The van der Waals surface area contributed by atoms with E-state index in [1.165, 1.54) is 23.0 Å². The largest absolute Gasteiger partial charge is 0.507 e. The quantitative estimate of drug-likeness (QED) is 0.0427. The van der Waals surface area contributed by atoms with E-state index in [2.05, 4.69) is 6.58 Å². The minimum Gasteiger partial charge on any atom is -0.507 e. The van der Waals surface area contributed by atoms with E-state index in [-0.39, 0.29) is 60.9 Å². The van der Waals surface area contributed by atoms with Gasteiger partial charge < -0.3 is 85.2 Å². The van der Waals surface area contributed by atoms with Crippen molar-refractivity contribution < 1.29 is 71.5 Å². The van der Waals surface area contributed by atoms with Crippen molar-refractivity contribution in [3.63, 3.8) is 0 Å². The number of aliphatic hydroxyl groups excluding tert-OH is 4. The van der Waals surface area contributed by atoms with Crippen LogP contribution in [0, 0.1) is 20.8 Å². The lowest BCUT2D eigenvalue weighted by atomic mass is 10.0. The van der Waals surface area contributed by atoms with Crippen LogP contribution in [0.2, 0.25) is 0 Å². The van der Waals surface area contributed by atoms with Gasteiger partial charge in [-0.3, -0.25) is 0 Å². The maximum atomic E-state index is 11.5. The molecular formula is C46H37N3O14. The molecular weight excluding hydrogens is 819 g/mol. The molecule has 0 saturated carbocycles. The van der Waals surface area contributed by atoms with Gasteiger partial charge in [-0.25, -0.2) is 0 Å². The van der Waals surface area contributed by atoms with E-state index in [0.29, 0.717) is 27.5 Å². The fourth-order valence-electron chi connectivity index (χ4n) is 8.70. The number of aromatic hydroxyl groups is 10. The van der Waals surface area contributed by atoms with E-state index in [1.54, 1.807) is 36.4 Å². The summed E-state index contributed by atoms with van der Waals surface area (Å²) in [7, 11) is 0. The van der Waals surface area contributed by atoms with E-state index in [9.17, 15) is 71.5 Å². The molecule has 0 unspecified atom stereocenters. The number of phenols is 10. The van der Waals surface area contributed by atoms with Gasteiger partial charge in [0.2, 0.25) is 11.5 Å². The lowest BCUT2D eigenvalue weighted by molar-refractivity contribution is 0.246. The van der Waals surface area contributed by atoms with Crippen molar-refractivity contribution in [3.8, 4) is 74.6 Å². The molecule has 0 aliphatic heterocycles. The average molecular weight is 856 g/mol. The number of phenolic OH excluding ortho intramolecular Hbond substituents is 10. The standard InChI is InChI=1S/C46H37N3O14/c1-16-6-5-7-20(12-16)47-25-10-8-21(48-32(19(4)51)28(40(57)27(52)15-50)29-33(48)42(59)38(55)17(2)36(29)53)13-23(25)24-14-22(9-11-26(24)47)49-34-30(37(54)18(3)39(56)43(34)60)31-35(49)44(61)46(63)45(62)41(31)58/h5-14,50-63H,4,15H2,1-3H3/b40-27-. The van der Waals surface area contributed by atoms with Gasteiger partial charge in [-0.15, -0.1) is 0 Å². The van der Waals surface area contributed by atoms with Crippen LogP contribution in [-0.4, -0.2) is 91.8 Å². The Morgan fingerprint density at radius 2 is 0.952 bits per heavy atom. The molecule has 0 radical (unpaired) electrons. The van der Waals surface area contributed by atoms with Gasteiger partial charge in [-0.05, 0) is 74.9 Å². The molecule has 320 valence electrons. The third-order valence-corrected chi connectivity index (χ3v) is 11.7. The maximum absolute atomic E-state index is 11.5. The Labute approximate surface area is 353 Å². The highest BCUT2D eigenvalue weighted by Gasteiger charge is 2.34. The Kier molecular flexibility index (Phi) is 8.45. The molecule has 0 amide bonds. The molecule has 9 aromatic rings. The summed E-state index contributed by atoms with van der Waals surface area (Å²) in [5, 5.41) is 154. The first kappa shape index (κ1) is 39.7. The third kappa shape index (κ3) is 5.13. The van der Waals surface area contributed by atoms with Gasteiger partial charge >= 0.3 is 0 Å². The summed E-state index contributed by atoms with van der Waals surface area (Å²) in [5.41, 5.74) is 0.686. The second kappa shape index (κ2) is 13.4. The molecule has 3 aromatic heterocycles. The highest BCUT2D eigenvalue weighted by molar-refractivity contribution is 6.21. The molecule has 0 atom stereocenters. The number of fused-ring (bicyclic) bond motifs is 7. The van der Waals surface area contributed by atoms with Crippen molar-refractivity contribution in [1.82, 2.24) is 13.7 Å². The Hall–Kier alpha value is -8.70. The topological polar surface area (TPSA) is 298 Å². The minimum atomic E-state index is -1.12. The highest BCUT2D eigenvalue weighted by Crippen LogP contribution is 2.58. The number of aryl methyl sites for hydroxylation is 1. The molecule has 63 heavy (non-hydrogen) atoms. The molecule has 0 spiro atoms. The lowest BCUT2D eigenvalue weighted by Crippen LogP contribution is -2.03. The zero-order valence-electron chi connectivity index (χ0n) is 33.3. The van der Waals surface area contributed by atoms with Crippen LogP contribution in [0.1, 0.15) is 27.9 Å². The summed E-state index contributed by atoms with van der Waals surface area (Å²) in [4.78, 5) is 0. The molecule has 0 aliphatic carbocycles. The summed E-state index contributed by atoms with van der Waals surface area (Å²) in [6.07, 6.45) is 0. The van der Waals surface area contributed by atoms with E-state index in [1.807, 2.05) is 35.8 Å². The Morgan fingerprint density at radius 1 is 0.492 bits per heavy atom. The number of hydrogen-bond donors (Lipinski definition) is 14. The number of rotatable bonds is 6. The summed E-state index contributed by atoms with van der Waals surface area (Å²) < 4.78 is 4.25. The fourth-order valence-corrected chi connectivity index (χ4v) is 8.70. The molecule has 0 fully saturated rings. The first-order valence-electron chi connectivity index (χ1n) is 19.0. The van der Waals surface area contributed by atoms with E-state index >= 15 is 0 Å². The van der Waals surface area contributed by atoms with Crippen molar-refractivity contribution in [3.05, 3.63) is 101 Å². The van der Waals surface area contributed by atoms with Crippen molar-refractivity contribution in [2.75, 3.05) is 6.61 Å². The SMILES string of the molecule is C=C(O)c1c(/C(O)=C(/O)CO)c2c(O)c(C)c(O)c(O)c2n1-c1ccc2c(c1)c1cc(-n3c4c(O)c(O)c(C)c(O)c4c4c(O)c(O)c(O)c(O)c43)ccc1n2-c1cccc(C)c1. The zero-order chi connectivity index (χ0) is 45.4. The van der Waals surface area contributed by atoms with Crippen LogP contribution in [0.4, 0.5) is 0 Å². The summed E-state index contributed by atoms with van der Waals surface area (Å²) in [6.45, 7) is 7.05. The number of hydrogen-bond acceptors (Lipinski definition) is 14. The van der Waals surface area contributed by atoms with Gasteiger partial charge in [0.15, 0.2) is 46.0 Å². The normalized spacial score (nSPS) is 12.4. The van der Waals surface area contributed by atoms with Crippen LogP contribution in [0.3, 0.4) is 0 Å². The second-order valence-electron chi connectivity index (χ2n) is 15.3. The molecule has 0 bridgehead atoms. The first-order valence-corrected chi connectivity index (χ1v) is 19.0. The Bertz CT molecular complexity index is 3510. The summed E-state index contributed by atoms with van der Waals surface area (Å²) in [6, 6.07) is 17.2. The first-order chi connectivity index (χ1) is 29.8. The predicted octanol–water partition coefficient (Wildman–Crippen LogP) is 8.11. The van der Waals surface area contributed by atoms with Gasteiger partial charge in [0.1, 0.15) is 40.4 Å². The molecule has 0 saturated heterocycles. The average Bonchev–Trinajstić information content (AvgIpc) is 3.93. The van der Waals surface area contributed by atoms with Gasteiger partial charge in [0.05, 0.1) is 38.4 Å². The lowest BCUT2D eigenvalue weighted by Gasteiger charge is -2.14. The van der Waals surface area contributed by atoms with Crippen LogP contribution >= 0.6 is 0 Å². The summed E-state index contributed by atoms with van der Waals surface area (Å²) >= 11 is 0. The van der Waals surface area contributed by atoms with Crippen molar-refractivity contribution in [1.29, 1.82) is 0 Å². The Balaban J connectivity index is 1.47. The van der Waals surface area contributed by atoms with Crippen LogP contribution in [-0.2, 0) is 0 Å². The fraction of sp³-hybridized carbons (Fsp3) is 0.0870. The third-order valence-electron chi connectivity index (χ3n) is 11.7. The molecule has 0 aliphatic rings. The minimum absolute atomic E-state index is 0.115. The van der Waals surface area contributed by atoms with Crippen molar-refractivity contribution in [2.24, 2.45) is 0 Å². The van der Waals surface area contributed by atoms with Gasteiger partial charge in [-0.1, -0.05) is 18.7 Å². The van der Waals surface area contributed by atoms with Gasteiger partial charge in [-0.2, -0.15) is 0 Å². The molecule has 17 heteroatoms. The van der Waals surface area contributed by atoms with Crippen LogP contribution in [0.5, 0.6) is 57.5 Å². The van der Waals surface area contributed by atoms with Crippen LogP contribution in [0.25, 0.3) is 83.1 Å². The highest BCUT2D eigenvalue weighted by atomic mass is 16.4. The molecule has 3 heterocycles.